The van der Waals surface area contributed by atoms with E-state index in [0.717, 1.165) is 30.3 Å². The van der Waals surface area contributed by atoms with Crippen LogP contribution in [0.5, 0.6) is 51.7 Å². The molecule has 1 heterocycles. The van der Waals surface area contributed by atoms with Crippen LogP contribution in [-0.4, -0.2) is 151 Å². The molecule has 8 atom stereocenters. The summed E-state index contributed by atoms with van der Waals surface area (Å²) in [5.74, 6) is -15.5. The van der Waals surface area contributed by atoms with Crippen molar-refractivity contribution in [3.05, 3.63) is 53.1 Å². The summed E-state index contributed by atoms with van der Waals surface area (Å²) >= 11 is 0. The molecule has 1 aliphatic rings. The van der Waals surface area contributed by atoms with E-state index in [9.17, 15) is 84.0 Å². The van der Waals surface area contributed by atoms with E-state index in [1.165, 1.54) is 47.6 Å². The van der Waals surface area contributed by atoms with E-state index in [1.54, 1.807) is 0 Å². The van der Waals surface area contributed by atoms with Crippen molar-refractivity contribution in [1.82, 2.24) is 0 Å². The molecule has 0 aliphatic carbocycles. The van der Waals surface area contributed by atoms with Crippen LogP contribution in [-0.2, 0) is 49.5 Å². The van der Waals surface area contributed by atoms with Crippen LogP contribution in [0, 0.1) is 0 Å². The first-order valence-electron chi connectivity index (χ1n) is 25.5. The number of ether oxygens (including phenoxy) is 10. The summed E-state index contributed by atoms with van der Waals surface area (Å²) in [6, 6.07) is 5.93. The van der Waals surface area contributed by atoms with E-state index >= 15 is 0 Å². The lowest BCUT2D eigenvalue weighted by Crippen LogP contribution is -2.35. The van der Waals surface area contributed by atoms with Crippen molar-refractivity contribution in [2.75, 3.05) is 13.2 Å². The minimum absolute atomic E-state index is 0.00850. The average molecular weight is 1150 g/mol. The van der Waals surface area contributed by atoms with Crippen molar-refractivity contribution in [2.24, 2.45) is 0 Å². The Balaban J connectivity index is 2.10. The highest BCUT2D eigenvalue weighted by molar-refractivity contribution is 5.93. The summed E-state index contributed by atoms with van der Waals surface area (Å²) in [6.07, 6.45) is -16.5. The number of hydrogen-bond acceptors (Lipinski definition) is 27. The number of carbonyl (C=O) groups is 9. The molecule has 81 heavy (non-hydrogen) atoms. The van der Waals surface area contributed by atoms with E-state index in [0.29, 0.717) is 0 Å². The van der Waals surface area contributed by atoms with Gasteiger partial charge in [-0.3, -0.25) is 38.4 Å². The number of benzene rings is 3. The number of carbonyl (C=O) groups excluding carboxylic acids is 9. The Morgan fingerprint density at radius 2 is 0.802 bits per heavy atom. The van der Waals surface area contributed by atoms with E-state index < -0.39 is 194 Å². The Bertz CT molecular complexity index is 2650. The molecule has 1 aliphatic heterocycles. The molecule has 27 nitrogen and oxygen atoms in total. The van der Waals surface area contributed by atoms with Crippen molar-refractivity contribution in [3.8, 4) is 51.7 Å². The third-order valence-corrected chi connectivity index (χ3v) is 10.7. The van der Waals surface area contributed by atoms with Gasteiger partial charge in [-0.15, -0.1) is 0 Å². The van der Waals surface area contributed by atoms with Gasteiger partial charge in [0.2, 0.25) is 11.5 Å². The Morgan fingerprint density at radius 1 is 0.457 bits per heavy atom. The molecule has 0 aromatic heterocycles. The lowest BCUT2D eigenvalue weighted by atomic mass is 9.93. The quantitative estimate of drug-likeness (QED) is 0.0364. The predicted octanol–water partition coefficient (Wildman–Crippen LogP) is 2.00. The maximum atomic E-state index is 14.8. The van der Waals surface area contributed by atoms with Gasteiger partial charge in [0.1, 0.15) is 23.4 Å². The number of aliphatic hydroxyl groups excluding tert-OH is 8. The second kappa shape index (κ2) is 31.4. The van der Waals surface area contributed by atoms with Crippen molar-refractivity contribution in [2.45, 2.75) is 161 Å². The van der Waals surface area contributed by atoms with Gasteiger partial charge >= 0.3 is 53.7 Å². The first-order valence-corrected chi connectivity index (χ1v) is 25.5. The van der Waals surface area contributed by atoms with Crippen molar-refractivity contribution >= 4 is 53.7 Å². The van der Waals surface area contributed by atoms with Gasteiger partial charge in [0, 0.05) is 55.7 Å². The highest BCUT2D eigenvalue weighted by Gasteiger charge is 2.40. The lowest BCUT2D eigenvalue weighted by molar-refractivity contribution is -0.140. The van der Waals surface area contributed by atoms with Crippen LogP contribution in [0.2, 0.25) is 0 Å². The van der Waals surface area contributed by atoms with Crippen molar-refractivity contribution in [1.29, 1.82) is 0 Å². The molecule has 0 bridgehead atoms. The molecular formula is C54H66O27. The SMILES string of the molecule is CC(O)CC(=O)Oc1cc(C(=O)O[C@@H]2Cc3c(OC(=O)CCCO)cc(OC(=O)CCCO)cc3O[C@@H]2c2cc(OC(=O)CC(C)O)c(OC(=O)CC(C)O)c(OC(=O)CC(C)O)c2)cc(OC(=O)CC(C)O)c1OC(=O)CC(C)O. The minimum atomic E-state index is -1.77. The normalized spacial score (nSPS) is 15.8. The molecule has 444 valence electrons. The zero-order valence-corrected chi connectivity index (χ0v) is 45.1. The summed E-state index contributed by atoms with van der Waals surface area (Å²) in [6.45, 7) is 6.66. The zero-order valence-electron chi connectivity index (χ0n) is 45.1. The van der Waals surface area contributed by atoms with Crippen LogP contribution in [0.15, 0.2) is 36.4 Å². The Hall–Kier alpha value is -7.63. The fourth-order valence-electron chi connectivity index (χ4n) is 7.34. The molecule has 0 amide bonds. The highest BCUT2D eigenvalue weighted by atomic mass is 16.6. The predicted molar refractivity (Wildman–Crippen MR) is 271 cm³/mol. The third-order valence-electron chi connectivity index (χ3n) is 10.7. The molecule has 4 rings (SSSR count). The fourth-order valence-corrected chi connectivity index (χ4v) is 7.34. The summed E-state index contributed by atoms with van der Waals surface area (Å²) < 4.78 is 56.8. The van der Waals surface area contributed by atoms with Crippen LogP contribution in [0.3, 0.4) is 0 Å². The molecule has 0 spiro atoms. The summed E-state index contributed by atoms with van der Waals surface area (Å²) in [4.78, 5) is 120. The molecular weight excluding hydrogens is 1080 g/mol. The Morgan fingerprint density at radius 3 is 1.17 bits per heavy atom. The standard InChI is InChI=1S/C54H66O27/c1-26(57)13-45(65)74-38-19-32(20-39(75-46(66)14-27(2)58)52(38)80-49(69)17-30(5)61)51-42(25-35-36(73-44(64)10-8-12-56)23-34(24-37(35)78-51)72-43(63)9-7-11-55)79-54(71)33-21-40(76-47(67)15-28(3)59)53(81-50(70)18-31(6)62)41(22-33)77-48(68)16-29(4)60/h19-24,26-31,42,51,55-62H,7-18,25H2,1-6H3/t26?,27?,28?,29?,30?,31?,42-,51-/m1/s1. The van der Waals surface area contributed by atoms with Crippen molar-refractivity contribution < 1.29 is 131 Å². The van der Waals surface area contributed by atoms with E-state index in [1.807, 2.05) is 0 Å². The Kier molecular flexibility index (Phi) is 25.5. The number of esters is 9. The van der Waals surface area contributed by atoms with Gasteiger partial charge in [0.25, 0.3) is 0 Å². The molecule has 0 fully saturated rings. The molecule has 0 saturated heterocycles. The summed E-state index contributed by atoms with van der Waals surface area (Å²) in [5, 5.41) is 78.9. The van der Waals surface area contributed by atoms with Gasteiger partial charge in [-0.05, 0) is 78.6 Å². The van der Waals surface area contributed by atoms with Crippen LogP contribution in [0.25, 0.3) is 0 Å². The van der Waals surface area contributed by atoms with Gasteiger partial charge in [-0.25, -0.2) is 4.79 Å². The van der Waals surface area contributed by atoms with Gasteiger partial charge in [0.05, 0.1) is 80.7 Å². The van der Waals surface area contributed by atoms with Crippen LogP contribution >= 0.6 is 0 Å². The Labute approximate surface area is 463 Å². The minimum Gasteiger partial charge on any atom is -0.481 e. The molecule has 27 heteroatoms. The first kappa shape index (κ1) is 65.9. The maximum absolute atomic E-state index is 14.8. The zero-order chi connectivity index (χ0) is 60.2. The van der Waals surface area contributed by atoms with Gasteiger partial charge in [-0.1, -0.05) is 0 Å². The van der Waals surface area contributed by atoms with Crippen molar-refractivity contribution in [3.63, 3.8) is 0 Å². The highest BCUT2D eigenvalue weighted by Crippen LogP contribution is 2.48. The van der Waals surface area contributed by atoms with Gasteiger partial charge in [-0.2, -0.15) is 0 Å². The fraction of sp³-hybridized carbons (Fsp3) is 0.500. The second-order valence-corrected chi connectivity index (χ2v) is 19.0. The number of fused-ring (bicyclic) bond motifs is 1. The third kappa shape index (κ3) is 21.7. The van der Waals surface area contributed by atoms with Gasteiger partial charge < -0.3 is 88.2 Å². The molecule has 8 N–H and O–H groups in total. The van der Waals surface area contributed by atoms with E-state index in [-0.39, 0.29) is 60.7 Å². The van der Waals surface area contributed by atoms with Crippen LogP contribution in [0.4, 0.5) is 0 Å². The lowest BCUT2D eigenvalue weighted by Gasteiger charge is -2.35. The summed E-state index contributed by atoms with van der Waals surface area (Å²) in [5.41, 5.74) is -0.967. The molecule has 0 saturated carbocycles. The molecule has 3 aromatic rings. The smallest absolute Gasteiger partial charge is 0.338 e. The number of hydrogen-bond donors (Lipinski definition) is 8. The van der Waals surface area contributed by atoms with E-state index in [2.05, 4.69) is 0 Å². The molecule has 6 unspecified atom stereocenters. The largest absolute Gasteiger partial charge is 0.481 e. The number of rotatable bonds is 29. The topological polar surface area (TPSA) is 408 Å². The van der Waals surface area contributed by atoms with Crippen LogP contribution in [0.1, 0.15) is 133 Å². The second-order valence-electron chi connectivity index (χ2n) is 19.0. The molecule has 3 aromatic carbocycles. The first-order chi connectivity index (χ1) is 38.1. The van der Waals surface area contributed by atoms with Gasteiger partial charge in [0.15, 0.2) is 29.1 Å². The van der Waals surface area contributed by atoms with Crippen LogP contribution < -0.4 is 42.6 Å². The monoisotopic (exact) mass is 1150 g/mol. The average Bonchev–Trinajstić information content (AvgIpc) is 3.33. The maximum Gasteiger partial charge on any atom is 0.338 e. The van der Waals surface area contributed by atoms with E-state index in [4.69, 9.17) is 47.4 Å². The molecule has 0 radical (unpaired) electrons. The summed E-state index contributed by atoms with van der Waals surface area (Å²) in [7, 11) is 0. The number of aliphatic hydroxyl groups is 8.